The molecule has 4 aromatic rings. The van der Waals surface area contributed by atoms with Crippen LogP contribution < -0.4 is 16.4 Å². The highest BCUT2D eigenvalue weighted by molar-refractivity contribution is 7.08. The second kappa shape index (κ2) is 7.38. The van der Waals surface area contributed by atoms with Crippen molar-refractivity contribution in [3.8, 4) is 11.3 Å². The number of pyridine rings is 1. The Hall–Kier alpha value is -3.53. The van der Waals surface area contributed by atoms with E-state index in [9.17, 15) is 4.91 Å². The maximum atomic E-state index is 10.5. The Labute approximate surface area is 158 Å². The van der Waals surface area contributed by atoms with Crippen molar-refractivity contribution in [2.45, 2.75) is 0 Å². The molecule has 0 aromatic carbocycles. The van der Waals surface area contributed by atoms with Crippen LogP contribution in [-0.2, 0) is 0 Å². The monoisotopic (exact) mass is 380 g/mol. The van der Waals surface area contributed by atoms with Crippen molar-refractivity contribution >= 4 is 40.3 Å². The molecule has 0 radical (unpaired) electrons. The van der Waals surface area contributed by atoms with Crippen molar-refractivity contribution < 1.29 is 0 Å². The van der Waals surface area contributed by atoms with Gasteiger partial charge in [-0.3, -0.25) is 4.40 Å². The Morgan fingerprint density at radius 2 is 2.07 bits per heavy atom. The van der Waals surface area contributed by atoms with Gasteiger partial charge in [0.15, 0.2) is 5.82 Å². The number of imidazole rings is 1. The SMILES string of the molecule is Nc1nc(NCCNc2nc(-c3ccsc3)cc3nccn23)ccc1N=O. The van der Waals surface area contributed by atoms with E-state index >= 15 is 0 Å². The Kier molecular flexibility index (Phi) is 4.62. The van der Waals surface area contributed by atoms with Gasteiger partial charge in [0.1, 0.15) is 17.2 Å². The third-order valence-corrected chi connectivity index (χ3v) is 4.60. The van der Waals surface area contributed by atoms with Crippen LogP contribution in [0.15, 0.2) is 52.6 Å². The highest BCUT2D eigenvalue weighted by Gasteiger charge is 2.08. The first kappa shape index (κ1) is 16.9. The van der Waals surface area contributed by atoms with Gasteiger partial charge in [0.05, 0.1) is 5.69 Å². The summed E-state index contributed by atoms with van der Waals surface area (Å²) in [6.45, 7) is 1.18. The normalized spacial score (nSPS) is 10.8. The molecule has 0 unspecified atom stereocenters. The smallest absolute Gasteiger partial charge is 0.209 e. The van der Waals surface area contributed by atoms with Crippen molar-refractivity contribution in [3.63, 3.8) is 0 Å². The molecule has 27 heavy (non-hydrogen) atoms. The molecule has 4 rings (SSSR count). The minimum absolute atomic E-state index is 0.105. The molecule has 0 amide bonds. The Balaban J connectivity index is 1.45. The van der Waals surface area contributed by atoms with Gasteiger partial charge in [-0.25, -0.2) is 15.0 Å². The predicted octanol–water partition coefficient (Wildman–Crippen LogP) is 3.36. The van der Waals surface area contributed by atoms with Crippen LogP contribution in [0.25, 0.3) is 16.9 Å². The zero-order valence-electron chi connectivity index (χ0n) is 14.2. The predicted molar refractivity (Wildman–Crippen MR) is 107 cm³/mol. The average molecular weight is 380 g/mol. The quantitative estimate of drug-likeness (QED) is 0.332. The van der Waals surface area contributed by atoms with Crippen LogP contribution in [-0.4, -0.2) is 32.4 Å². The van der Waals surface area contributed by atoms with E-state index in [-0.39, 0.29) is 11.5 Å². The summed E-state index contributed by atoms with van der Waals surface area (Å²) in [6, 6.07) is 7.19. The lowest BCUT2D eigenvalue weighted by atomic mass is 10.2. The van der Waals surface area contributed by atoms with Crippen molar-refractivity contribution in [2.75, 3.05) is 29.5 Å². The Bertz CT molecular complexity index is 1080. The van der Waals surface area contributed by atoms with Crippen molar-refractivity contribution in [2.24, 2.45) is 5.18 Å². The van der Waals surface area contributed by atoms with E-state index in [1.165, 1.54) is 6.07 Å². The number of fused-ring (bicyclic) bond motifs is 1. The Morgan fingerprint density at radius 3 is 2.85 bits per heavy atom. The number of nitroso groups, excluding NO2 is 1. The first-order valence-electron chi connectivity index (χ1n) is 8.19. The molecular formula is C17H16N8OS. The van der Waals surface area contributed by atoms with Gasteiger partial charge in [-0.05, 0) is 28.8 Å². The van der Waals surface area contributed by atoms with Crippen LogP contribution in [0, 0.1) is 4.91 Å². The summed E-state index contributed by atoms with van der Waals surface area (Å²) in [5.41, 5.74) is 8.56. The number of hydrogen-bond donors (Lipinski definition) is 3. The standard InChI is InChI=1S/C17H16N8OS/c18-16-12(24-26)1-2-14(23-16)19-4-5-21-17-22-13(11-3-8-27-10-11)9-15-20-6-7-25(15)17/h1-3,6-10H,4-5H2,(H,21,22)(H3,18,19,23). The molecule has 136 valence electrons. The molecular weight excluding hydrogens is 364 g/mol. The van der Waals surface area contributed by atoms with E-state index in [0.29, 0.717) is 24.9 Å². The third kappa shape index (κ3) is 3.55. The molecule has 9 nitrogen and oxygen atoms in total. The number of nitrogens with zero attached hydrogens (tertiary/aromatic N) is 5. The molecule has 0 fully saturated rings. The largest absolute Gasteiger partial charge is 0.382 e. The van der Waals surface area contributed by atoms with Gasteiger partial charge < -0.3 is 16.4 Å². The molecule has 0 aliphatic rings. The summed E-state index contributed by atoms with van der Waals surface area (Å²) in [5.74, 6) is 1.39. The van der Waals surface area contributed by atoms with Gasteiger partial charge in [0.25, 0.3) is 0 Å². The van der Waals surface area contributed by atoms with Crippen LogP contribution in [0.4, 0.5) is 23.3 Å². The van der Waals surface area contributed by atoms with E-state index in [2.05, 4.69) is 31.2 Å². The number of nitrogens with one attached hydrogen (secondary N) is 2. The van der Waals surface area contributed by atoms with Gasteiger partial charge in [-0.2, -0.15) is 11.3 Å². The van der Waals surface area contributed by atoms with Crippen molar-refractivity contribution in [1.82, 2.24) is 19.4 Å². The molecule has 4 heterocycles. The molecule has 4 N–H and O–H groups in total. The van der Waals surface area contributed by atoms with E-state index in [0.717, 1.165) is 16.9 Å². The third-order valence-electron chi connectivity index (χ3n) is 3.92. The number of nitrogens with two attached hydrogens (primary N) is 1. The van der Waals surface area contributed by atoms with Crippen molar-refractivity contribution in [3.05, 3.63) is 52.3 Å². The highest BCUT2D eigenvalue weighted by Crippen LogP contribution is 2.23. The fourth-order valence-electron chi connectivity index (χ4n) is 2.61. The van der Waals surface area contributed by atoms with E-state index in [1.807, 2.05) is 28.1 Å². The molecule has 0 aliphatic carbocycles. The summed E-state index contributed by atoms with van der Waals surface area (Å²) in [7, 11) is 0. The zero-order chi connectivity index (χ0) is 18.6. The van der Waals surface area contributed by atoms with E-state index in [1.54, 1.807) is 23.6 Å². The number of aromatic nitrogens is 4. The summed E-state index contributed by atoms with van der Waals surface area (Å²) >= 11 is 1.63. The Morgan fingerprint density at radius 1 is 1.19 bits per heavy atom. The molecule has 0 aliphatic heterocycles. The van der Waals surface area contributed by atoms with Gasteiger partial charge in [0, 0.05) is 42.5 Å². The topological polar surface area (TPSA) is 123 Å². The van der Waals surface area contributed by atoms with E-state index in [4.69, 9.17) is 10.7 Å². The summed E-state index contributed by atoms with van der Waals surface area (Å²) < 4.78 is 1.90. The molecule has 4 aromatic heterocycles. The minimum atomic E-state index is 0.105. The fourth-order valence-corrected chi connectivity index (χ4v) is 3.26. The van der Waals surface area contributed by atoms with Gasteiger partial charge >= 0.3 is 0 Å². The maximum Gasteiger partial charge on any atom is 0.209 e. The molecule has 10 heteroatoms. The summed E-state index contributed by atoms with van der Waals surface area (Å²) in [4.78, 5) is 23.7. The second-order valence-corrected chi connectivity index (χ2v) is 6.46. The number of anilines is 3. The zero-order valence-corrected chi connectivity index (χ0v) is 15.0. The van der Waals surface area contributed by atoms with Gasteiger partial charge in [-0.1, -0.05) is 0 Å². The van der Waals surface area contributed by atoms with E-state index < -0.39 is 0 Å². The lowest BCUT2D eigenvalue weighted by molar-refractivity contribution is 0.996. The van der Waals surface area contributed by atoms with Crippen LogP contribution in [0.1, 0.15) is 0 Å². The fraction of sp³-hybridized carbons (Fsp3) is 0.118. The molecule has 0 bridgehead atoms. The number of thiophene rings is 1. The second-order valence-electron chi connectivity index (χ2n) is 5.68. The van der Waals surface area contributed by atoms with Crippen LogP contribution in [0.3, 0.4) is 0 Å². The summed E-state index contributed by atoms with van der Waals surface area (Å²) in [5, 5.41) is 13.3. The van der Waals surface area contributed by atoms with Crippen LogP contribution in [0.5, 0.6) is 0 Å². The minimum Gasteiger partial charge on any atom is -0.382 e. The lowest BCUT2D eigenvalue weighted by Gasteiger charge is -2.11. The van der Waals surface area contributed by atoms with Gasteiger partial charge in [-0.15, -0.1) is 4.91 Å². The number of hydrogen-bond acceptors (Lipinski definition) is 9. The molecule has 0 saturated heterocycles. The first-order chi connectivity index (χ1) is 13.2. The highest BCUT2D eigenvalue weighted by atomic mass is 32.1. The van der Waals surface area contributed by atoms with Crippen molar-refractivity contribution in [1.29, 1.82) is 0 Å². The number of nitrogen functional groups attached to an aromatic ring is 1. The first-order valence-corrected chi connectivity index (χ1v) is 9.13. The molecule has 0 saturated carbocycles. The number of rotatable bonds is 7. The lowest BCUT2D eigenvalue weighted by Crippen LogP contribution is -2.17. The maximum absolute atomic E-state index is 10.5. The van der Waals surface area contributed by atoms with Crippen LogP contribution >= 0.6 is 11.3 Å². The molecule has 0 spiro atoms. The molecule has 0 atom stereocenters. The van der Waals surface area contributed by atoms with Crippen LogP contribution in [0.2, 0.25) is 0 Å². The average Bonchev–Trinajstić information content (AvgIpc) is 3.36. The van der Waals surface area contributed by atoms with Gasteiger partial charge in [0.2, 0.25) is 5.95 Å². The summed E-state index contributed by atoms with van der Waals surface area (Å²) in [6.07, 6.45) is 3.61.